The molecule has 2 saturated heterocycles. The van der Waals surface area contributed by atoms with E-state index in [2.05, 4.69) is 21.3 Å². The highest BCUT2D eigenvalue weighted by Gasteiger charge is 2.60. The van der Waals surface area contributed by atoms with Crippen LogP contribution in [0.3, 0.4) is 0 Å². The van der Waals surface area contributed by atoms with Crippen molar-refractivity contribution < 1.29 is 27.6 Å². The standard InChI is InChI=1S/C48H45F2N11O6/c1-24-13-30(14-25(2)39(24)49)61-42(58-11-10-57(46(58)64)35-6-5-34-32(40(35)50)21-52-56(34)4)38-33(54-61)17-31-22-65-23-37(38)59(31)43(62)36-16-28-15-29(27-7-12-66-47(19-27)8-9-47)20-51-41(28)60(36)48(18-26(48)3)44-53-45(63)67-55-44/h5-6,10-11,13-16,20-21,26-27,31,37H,7-9,12,17-19,22-23H2,1-4H3,(H,53,55,63)/t26-,27-,31-,37-,48-/m0/s1. The van der Waals surface area contributed by atoms with Gasteiger partial charge in [0, 0.05) is 49.6 Å². The summed E-state index contributed by atoms with van der Waals surface area (Å²) in [6.45, 7) is 6.35. The Bertz CT molecular complexity index is 3510. The second-order valence-corrected chi connectivity index (χ2v) is 19.3. The third kappa shape index (κ3) is 5.79. The average Bonchev–Trinajstić information content (AvgIpc) is 3.73. The van der Waals surface area contributed by atoms with Crippen LogP contribution in [0.25, 0.3) is 39.1 Å². The zero-order chi connectivity index (χ0) is 45.8. The van der Waals surface area contributed by atoms with Crippen molar-refractivity contribution in [1.29, 1.82) is 0 Å². The first-order valence-electron chi connectivity index (χ1n) is 22.8. The first-order chi connectivity index (χ1) is 32.3. The number of carbonyl (C=O) groups is 1. The lowest BCUT2D eigenvalue weighted by Gasteiger charge is -2.45. The molecule has 4 fully saturated rings. The second-order valence-electron chi connectivity index (χ2n) is 19.3. The zero-order valence-electron chi connectivity index (χ0n) is 37.1. The number of carbonyl (C=O) groups excluding carboxylic acids is 1. The van der Waals surface area contributed by atoms with Crippen LogP contribution in [-0.2, 0) is 28.5 Å². The number of aromatic amines is 1. The topological polar surface area (TPSA) is 178 Å². The van der Waals surface area contributed by atoms with Gasteiger partial charge in [0.25, 0.3) is 5.91 Å². The molecule has 0 radical (unpaired) electrons. The fourth-order valence-electron chi connectivity index (χ4n) is 11.5. The van der Waals surface area contributed by atoms with Gasteiger partial charge in [-0.05, 0) is 111 Å². The van der Waals surface area contributed by atoms with Crippen molar-refractivity contribution in [3.05, 3.63) is 133 Å². The van der Waals surface area contributed by atoms with E-state index >= 15 is 13.6 Å². The number of morpholine rings is 1. The molecule has 0 unspecified atom stereocenters. The molecular weight excluding hydrogens is 865 g/mol. The Morgan fingerprint density at radius 2 is 1.76 bits per heavy atom. The van der Waals surface area contributed by atoms with E-state index in [1.165, 1.54) is 27.6 Å². The van der Waals surface area contributed by atoms with E-state index in [-0.39, 0.29) is 59.9 Å². The third-order valence-corrected chi connectivity index (χ3v) is 15.2. The molecule has 19 heteroatoms. The predicted octanol–water partition coefficient (Wildman–Crippen LogP) is 5.97. The normalized spacial score (nSPS) is 23.9. The highest BCUT2D eigenvalue weighted by atomic mass is 19.1. The summed E-state index contributed by atoms with van der Waals surface area (Å²) in [5.41, 5.74) is 3.50. The second kappa shape index (κ2) is 14.0. The summed E-state index contributed by atoms with van der Waals surface area (Å²) in [6.07, 6.45) is 11.1. The van der Waals surface area contributed by atoms with Crippen LogP contribution in [-0.4, -0.2) is 90.7 Å². The first-order valence-corrected chi connectivity index (χ1v) is 22.8. The molecule has 5 atom stereocenters. The lowest BCUT2D eigenvalue weighted by atomic mass is 9.88. The number of hydrogen-bond acceptors (Lipinski definition) is 10. The van der Waals surface area contributed by atoms with Gasteiger partial charge in [-0.1, -0.05) is 12.1 Å². The molecule has 1 spiro atoms. The van der Waals surface area contributed by atoms with Crippen LogP contribution in [0.15, 0.2) is 75.3 Å². The fraction of sp³-hybridized carbons (Fsp3) is 0.396. The van der Waals surface area contributed by atoms with E-state index in [1.807, 2.05) is 28.7 Å². The van der Waals surface area contributed by atoms with E-state index in [0.29, 0.717) is 69.6 Å². The molecular formula is C48H45F2N11O6. The van der Waals surface area contributed by atoms with Crippen LogP contribution in [0.4, 0.5) is 8.78 Å². The van der Waals surface area contributed by atoms with Crippen LogP contribution in [0.2, 0.25) is 0 Å². The van der Waals surface area contributed by atoms with Gasteiger partial charge in [0.15, 0.2) is 11.6 Å². The summed E-state index contributed by atoms with van der Waals surface area (Å²) >= 11 is 0. The number of nitrogens with zero attached hydrogens (tertiary/aromatic N) is 10. The van der Waals surface area contributed by atoms with E-state index in [9.17, 15) is 9.59 Å². The number of ether oxygens (including phenoxy) is 2. The minimum Gasteiger partial charge on any atom is -0.377 e. The van der Waals surface area contributed by atoms with Crippen LogP contribution in [0, 0.1) is 31.4 Å². The van der Waals surface area contributed by atoms with E-state index < -0.39 is 34.9 Å². The number of pyridine rings is 1. The van der Waals surface area contributed by atoms with Crippen LogP contribution < -0.4 is 11.4 Å². The Morgan fingerprint density at radius 3 is 2.51 bits per heavy atom. The Morgan fingerprint density at radius 1 is 0.970 bits per heavy atom. The summed E-state index contributed by atoms with van der Waals surface area (Å²) in [4.78, 5) is 52.9. The number of halogens is 2. The van der Waals surface area contributed by atoms with E-state index in [4.69, 9.17) is 24.1 Å². The summed E-state index contributed by atoms with van der Waals surface area (Å²) < 4.78 is 56.7. The summed E-state index contributed by atoms with van der Waals surface area (Å²) in [7, 11) is 1.72. The minimum atomic E-state index is -0.935. The first kappa shape index (κ1) is 40.3. The molecule has 9 heterocycles. The number of imidazole rings is 1. The van der Waals surface area contributed by atoms with Gasteiger partial charge in [-0.25, -0.2) is 28.0 Å². The van der Waals surface area contributed by atoms with Crippen LogP contribution in [0.1, 0.15) is 95.2 Å². The lowest BCUT2D eigenvalue weighted by molar-refractivity contribution is -0.0441. The lowest BCUT2D eigenvalue weighted by Crippen LogP contribution is -2.55. The largest absolute Gasteiger partial charge is 0.438 e. The summed E-state index contributed by atoms with van der Waals surface area (Å²) in [6, 6.07) is 9.38. The van der Waals surface area contributed by atoms with Crippen molar-refractivity contribution in [2.24, 2.45) is 13.0 Å². The van der Waals surface area contributed by atoms with Gasteiger partial charge in [-0.15, -0.1) is 0 Å². The van der Waals surface area contributed by atoms with Crippen LogP contribution >= 0.6 is 0 Å². The Balaban J connectivity index is 0.979. The monoisotopic (exact) mass is 909 g/mol. The van der Waals surface area contributed by atoms with Crippen molar-refractivity contribution >= 4 is 27.8 Å². The van der Waals surface area contributed by atoms with Gasteiger partial charge in [0.2, 0.25) is 0 Å². The molecule has 6 aromatic heterocycles. The molecule has 3 aliphatic heterocycles. The van der Waals surface area contributed by atoms with Gasteiger partial charge >= 0.3 is 11.4 Å². The Kier molecular flexibility index (Phi) is 8.43. The summed E-state index contributed by atoms with van der Waals surface area (Å²) in [5, 5.41) is 14.6. The van der Waals surface area contributed by atoms with Gasteiger partial charge in [0.05, 0.1) is 65.1 Å². The molecule has 17 nitrogen and oxygen atoms in total. The van der Waals surface area contributed by atoms with Gasteiger partial charge in [0.1, 0.15) is 28.5 Å². The van der Waals surface area contributed by atoms with E-state index in [1.54, 1.807) is 54.7 Å². The number of nitrogens with one attached hydrogen (secondary N) is 1. The highest BCUT2D eigenvalue weighted by molar-refractivity contribution is 5.99. The molecule has 342 valence electrons. The zero-order valence-corrected chi connectivity index (χ0v) is 37.1. The molecule has 5 aliphatic rings. The molecule has 2 saturated carbocycles. The van der Waals surface area contributed by atoms with Crippen LogP contribution in [0.5, 0.6) is 0 Å². The smallest absolute Gasteiger partial charge is 0.377 e. The highest BCUT2D eigenvalue weighted by Crippen LogP contribution is 2.56. The Hall–Kier alpha value is -6.99. The molecule has 13 rings (SSSR count). The maximum absolute atomic E-state index is 16.2. The molecule has 1 amide bonds. The van der Waals surface area contributed by atoms with Crippen molar-refractivity contribution in [3.63, 3.8) is 0 Å². The average molecular weight is 910 g/mol. The number of fused-ring (bicyclic) bond motifs is 6. The van der Waals surface area contributed by atoms with Crippen molar-refractivity contribution in [1.82, 2.24) is 53.3 Å². The molecule has 2 aliphatic carbocycles. The third-order valence-electron chi connectivity index (χ3n) is 15.2. The molecule has 67 heavy (non-hydrogen) atoms. The SMILES string of the molecule is Cc1cc(-n2nc3c(c2-n2ccn(-c4ccc5c(cnn5C)c4F)c2=O)[C@@H]2COC[C@H](C3)N2C(=O)c2cc3cc([C@H]4CCOC5(CC5)C4)cnc3n2[C@@]2(c3noc(=O)[nH]3)C[C@@H]2C)cc(C)c1F. The number of aromatic nitrogens is 10. The molecule has 2 aromatic carbocycles. The molecule has 2 bridgehead atoms. The molecule has 1 N–H and O–H groups in total. The quantitative estimate of drug-likeness (QED) is 0.200. The maximum Gasteiger partial charge on any atom is 0.438 e. The number of aryl methyl sites for hydroxylation is 3. The van der Waals surface area contributed by atoms with Gasteiger partial charge < -0.3 is 18.9 Å². The fourth-order valence-corrected chi connectivity index (χ4v) is 11.5. The van der Waals surface area contributed by atoms with Gasteiger partial charge in [-0.2, -0.15) is 10.2 Å². The number of benzene rings is 2. The van der Waals surface area contributed by atoms with Gasteiger partial charge in [-0.3, -0.25) is 28.1 Å². The maximum atomic E-state index is 16.2. The number of hydrogen-bond donors (Lipinski definition) is 1. The van der Waals surface area contributed by atoms with Crippen molar-refractivity contribution in [2.45, 2.75) is 88.4 Å². The molecule has 8 aromatic rings. The number of rotatable bonds is 7. The van der Waals surface area contributed by atoms with Crippen molar-refractivity contribution in [2.75, 3.05) is 19.8 Å². The Labute approximate surface area is 379 Å². The number of H-pyrrole nitrogens is 1. The minimum absolute atomic E-state index is 0.0284. The predicted molar refractivity (Wildman–Crippen MR) is 237 cm³/mol. The van der Waals surface area contributed by atoms with Crippen molar-refractivity contribution in [3.8, 4) is 17.2 Å². The number of amides is 1. The summed E-state index contributed by atoms with van der Waals surface area (Å²) in [5.74, 6) is -1.15. The van der Waals surface area contributed by atoms with E-state index in [0.717, 1.165) is 36.6 Å².